The number of nitrogens with two attached hydrogens (primary N) is 1. The van der Waals surface area contributed by atoms with Crippen molar-refractivity contribution in [1.29, 1.82) is 0 Å². The lowest BCUT2D eigenvalue weighted by Gasteiger charge is -2.06. The van der Waals surface area contributed by atoms with Crippen LogP contribution in [0.5, 0.6) is 0 Å². The highest BCUT2D eigenvalue weighted by Crippen LogP contribution is 2.15. The number of carbonyl (C=O) groups is 1. The first kappa shape index (κ1) is 11.6. The Morgan fingerprint density at radius 2 is 2.29 bits per heavy atom. The number of rotatable bonds is 3. The number of fused-ring (bicyclic) bond motifs is 1. The van der Waals surface area contributed by atoms with Crippen molar-refractivity contribution in [2.45, 2.75) is 6.10 Å². The van der Waals surface area contributed by atoms with Crippen molar-refractivity contribution >= 4 is 16.9 Å². The van der Waals surface area contributed by atoms with Crippen LogP contribution in [-0.2, 0) is 7.05 Å². The molecule has 0 aliphatic carbocycles. The van der Waals surface area contributed by atoms with E-state index in [1.165, 1.54) is 22.8 Å². The van der Waals surface area contributed by atoms with Crippen LogP contribution >= 0.6 is 0 Å². The first-order valence-corrected chi connectivity index (χ1v) is 5.06. The van der Waals surface area contributed by atoms with E-state index in [0.29, 0.717) is 16.7 Å². The average Bonchev–Trinajstić information content (AvgIpc) is 2.63. The van der Waals surface area contributed by atoms with Gasteiger partial charge in [-0.05, 0) is 18.2 Å². The summed E-state index contributed by atoms with van der Waals surface area (Å²) in [5.41, 5.74) is 6.41. The number of aliphatic hydroxyl groups is 1. The summed E-state index contributed by atoms with van der Waals surface area (Å²) in [7, 11) is 1.54. The summed E-state index contributed by atoms with van der Waals surface area (Å²) in [6.07, 6.45) is -1.23. The summed E-state index contributed by atoms with van der Waals surface area (Å²) >= 11 is 0. The van der Waals surface area contributed by atoms with E-state index < -0.39 is 17.6 Å². The fourth-order valence-electron chi connectivity index (χ4n) is 1.58. The number of aliphatic hydroxyl groups excluding tert-OH is 1. The van der Waals surface area contributed by atoms with Gasteiger partial charge in [0.25, 0.3) is 0 Å². The second kappa shape index (κ2) is 4.15. The second-order valence-electron chi connectivity index (χ2n) is 3.73. The van der Waals surface area contributed by atoms with E-state index >= 15 is 0 Å². The third kappa shape index (κ3) is 1.88. The number of hydrogen-bond acceptors (Lipinski definition) is 5. The van der Waals surface area contributed by atoms with Gasteiger partial charge in [-0.15, -0.1) is 0 Å². The predicted molar refractivity (Wildman–Crippen MR) is 60.8 cm³/mol. The standard InChI is InChI=1S/C11H12N2O4/c1-13-7-4-6(10(15)8(14)5-12)2-3-9(7)17-11(13)16/h2-4,8,14H,5,12H2,1H3. The van der Waals surface area contributed by atoms with E-state index in [4.69, 9.17) is 10.2 Å². The van der Waals surface area contributed by atoms with E-state index in [1.54, 1.807) is 7.05 Å². The minimum absolute atomic E-state index is 0.138. The molecule has 2 rings (SSSR count). The molecule has 0 aliphatic rings. The maximum Gasteiger partial charge on any atom is 0.419 e. The molecule has 0 bridgehead atoms. The number of benzene rings is 1. The Labute approximate surface area is 96.3 Å². The van der Waals surface area contributed by atoms with Crippen LogP contribution in [0.25, 0.3) is 11.1 Å². The fraction of sp³-hybridized carbons (Fsp3) is 0.273. The normalized spacial score (nSPS) is 12.9. The summed E-state index contributed by atoms with van der Waals surface area (Å²) in [4.78, 5) is 22.9. The topological polar surface area (TPSA) is 98.5 Å². The van der Waals surface area contributed by atoms with Crippen LogP contribution in [0.15, 0.2) is 27.4 Å². The van der Waals surface area contributed by atoms with Gasteiger partial charge in [-0.2, -0.15) is 0 Å². The highest BCUT2D eigenvalue weighted by molar-refractivity contribution is 6.01. The minimum atomic E-state index is -1.23. The third-order valence-corrected chi connectivity index (χ3v) is 2.60. The van der Waals surface area contributed by atoms with E-state index in [1.807, 2.05) is 0 Å². The number of hydrogen-bond donors (Lipinski definition) is 2. The molecule has 1 unspecified atom stereocenters. The minimum Gasteiger partial charge on any atom is -0.408 e. The molecular formula is C11H12N2O4. The Morgan fingerprint density at radius 3 is 2.94 bits per heavy atom. The molecule has 0 aliphatic heterocycles. The number of oxazole rings is 1. The molecule has 1 aromatic heterocycles. The number of carbonyl (C=O) groups excluding carboxylic acids is 1. The molecule has 2 aromatic rings. The molecule has 1 aromatic carbocycles. The molecular weight excluding hydrogens is 224 g/mol. The quantitative estimate of drug-likeness (QED) is 0.709. The lowest BCUT2D eigenvalue weighted by molar-refractivity contribution is 0.0763. The molecule has 0 spiro atoms. The maximum atomic E-state index is 11.7. The van der Waals surface area contributed by atoms with Crippen molar-refractivity contribution in [2.24, 2.45) is 12.8 Å². The zero-order valence-electron chi connectivity index (χ0n) is 9.21. The van der Waals surface area contributed by atoms with Gasteiger partial charge in [-0.3, -0.25) is 9.36 Å². The monoisotopic (exact) mass is 236 g/mol. The average molecular weight is 236 g/mol. The van der Waals surface area contributed by atoms with Gasteiger partial charge in [0, 0.05) is 19.2 Å². The van der Waals surface area contributed by atoms with Crippen molar-refractivity contribution in [3.8, 4) is 0 Å². The summed E-state index contributed by atoms with van der Waals surface area (Å²) in [5.74, 6) is -0.966. The number of nitrogens with zero attached hydrogens (tertiary/aromatic N) is 1. The first-order valence-electron chi connectivity index (χ1n) is 5.06. The number of Topliss-reactive ketones (excluding diaryl/α,β-unsaturated/α-hetero) is 1. The lowest BCUT2D eigenvalue weighted by atomic mass is 10.1. The first-order chi connectivity index (χ1) is 8.04. The fourth-order valence-corrected chi connectivity index (χ4v) is 1.58. The van der Waals surface area contributed by atoms with Crippen molar-refractivity contribution in [3.05, 3.63) is 34.3 Å². The molecule has 1 heterocycles. The highest BCUT2D eigenvalue weighted by atomic mass is 16.4. The Kier molecular flexibility index (Phi) is 2.83. The number of ketones is 1. The molecule has 3 N–H and O–H groups in total. The lowest BCUT2D eigenvalue weighted by Crippen LogP contribution is -2.29. The predicted octanol–water partition coefficient (Wildman–Crippen LogP) is -0.366. The van der Waals surface area contributed by atoms with Gasteiger partial charge in [0.05, 0.1) is 5.52 Å². The Morgan fingerprint density at radius 1 is 1.59 bits per heavy atom. The molecule has 0 fully saturated rings. The summed E-state index contributed by atoms with van der Waals surface area (Å²) in [6.45, 7) is -0.138. The van der Waals surface area contributed by atoms with E-state index in [0.717, 1.165) is 0 Å². The van der Waals surface area contributed by atoms with Crippen molar-refractivity contribution in [1.82, 2.24) is 4.57 Å². The van der Waals surface area contributed by atoms with Crippen LogP contribution in [0.1, 0.15) is 10.4 Å². The van der Waals surface area contributed by atoms with Gasteiger partial charge in [0.15, 0.2) is 11.4 Å². The van der Waals surface area contributed by atoms with Gasteiger partial charge >= 0.3 is 5.76 Å². The van der Waals surface area contributed by atoms with Crippen LogP contribution in [-0.4, -0.2) is 28.1 Å². The van der Waals surface area contributed by atoms with Crippen LogP contribution in [0, 0.1) is 0 Å². The maximum absolute atomic E-state index is 11.7. The van der Waals surface area contributed by atoms with Crippen LogP contribution in [0.4, 0.5) is 0 Å². The zero-order valence-corrected chi connectivity index (χ0v) is 9.21. The van der Waals surface area contributed by atoms with E-state index in [2.05, 4.69) is 0 Å². The number of aromatic nitrogens is 1. The molecule has 0 saturated heterocycles. The van der Waals surface area contributed by atoms with E-state index in [-0.39, 0.29) is 6.54 Å². The van der Waals surface area contributed by atoms with Crippen LogP contribution in [0.3, 0.4) is 0 Å². The summed E-state index contributed by atoms with van der Waals surface area (Å²) in [5, 5.41) is 9.36. The molecule has 1 atom stereocenters. The third-order valence-electron chi connectivity index (χ3n) is 2.60. The molecule has 0 amide bonds. The van der Waals surface area contributed by atoms with Gasteiger partial charge in [0.1, 0.15) is 6.10 Å². The van der Waals surface area contributed by atoms with Crippen LogP contribution < -0.4 is 11.5 Å². The van der Waals surface area contributed by atoms with Crippen molar-refractivity contribution < 1.29 is 14.3 Å². The SMILES string of the molecule is Cn1c(=O)oc2ccc(C(=O)C(O)CN)cc21. The van der Waals surface area contributed by atoms with Gasteiger partial charge in [0.2, 0.25) is 0 Å². The van der Waals surface area contributed by atoms with Gasteiger partial charge in [-0.25, -0.2) is 4.79 Å². The van der Waals surface area contributed by atoms with Crippen molar-refractivity contribution in [2.75, 3.05) is 6.54 Å². The van der Waals surface area contributed by atoms with Crippen LogP contribution in [0.2, 0.25) is 0 Å². The Balaban J connectivity index is 2.54. The summed E-state index contributed by atoms with van der Waals surface area (Å²) in [6, 6.07) is 4.52. The Hall–Kier alpha value is -1.92. The molecule has 0 radical (unpaired) electrons. The zero-order chi connectivity index (χ0) is 12.6. The summed E-state index contributed by atoms with van der Waals surface area (Å²) < 4.78 is 6.22. The molecule has 0 saturated carbocycles. The molecule has 90 valence electrons. The van der Waals surface area contributed by atoms with Crippen molar-refractivity contribution in [3.63, 3.8) is 0 Å². The largest absolute Gasteiger partial charge is 0.419 e. The van der Waals surface area contributed by atoms with Gasteiger partial charge in [-0.1, -0.05) is 0 Å². The number of aryl methyl sites for hydroxylation is 1. The molecule has 6 heteroatoms. The van der Waals surface area contributed by atoms with Gasteiger partial charge < -0.3 is 15.3 Å². The second-order valence-corrected chi connectivity index (χ2v) is 3.73. The van der Waals surface area contributed by atoms with E-state index in [9.17, 15) is 14.7 Å². The Bertz CT molecular complexity index is 626. The molecule has 17 heavy (non-hydrogen) atoms. The highest BCUT2D eigenvalue weighted by Gasteiger charge is 2.17. The smallest absolute Gasteiger partial charge is 0.408 e. The molecule has 6 nitrogen and oxygen atoms in total.